The Kier molecular flexibility index (Phi) is 7.66. The molecular weight excluding hydrogens is 472 g/mol. The van der Waals surface area contributed by atoms with Crippen LogP contribution in [-0.4, -0.2) is 23.9 Å². The van der Waals surface area contributed by atoms with Gasteiger partial charge in [0.15, 0.2) is 0 Å². The van der Waals surface area contributed by atoms with Crippen molar-refractivity contribution in [3.8, 4) is 17.2 Å². The van der Waals surface area contributed by atoms with Crippen LogP contribution in [-0.2, 0) is 0 Å². The second-order valence-electron chi connectivity index (χ2n) is 9.23. The highest BCUT2D eigenvalue weighted by Crippen LogP contribution is 2.48. The SMILES string of the molecule is CCCCCCOc1ccc([C@@H]2Oc3ccc(Cl)cc3[C@H]3CC(c4ccc(OCC)cc4)=NN32)cc1. The van der Waals surface area contributed by atoms with Crippen molar-refractivity contribution in [3.63, 3.8) is 0 Å². The summed E-state index contributed by atoms with van der Waals surface area (Å²) < 4.78 is 18.0. The van der Waals surface area contributed by atoms with E-state index in [4.69, 9.17) is 30.9 Å². The maximum atomic E-state index is 6.49. The summed E-state index contributed by atoms with van der Waals surface area (Å²) in [5, 5.41) is 7.83. The third-order valence-corrected chi connectivity index (χ3v) is 6.92. The second-order valence-corrected chi connectivity index (χ2v) is 9.67. The number of ether oxygens (including phenoxy) is 3. The molecule has 2 aliphatic rings. The number of hydrogen-bond acceptors (Lipinski definition) is 5. The van der Waals surface area contributed by atoms with Gasteiger partial charge in [-0.25, -0.2) is 5.01 Å². The van der Waals surface area contributed by atoms with Crippen LogP contribution >= 0.6 is 11.6 Å². The van der Waals surface area contributed by atoms with E-state index in [9.17, 15) is 0 Å². The number of rotatable bonds is 10. The Hall–Kier alpha value is -3.18. The molecule has 0 saturated heterocycles. The molecule has 0 aliphatic carbocycles. The molecule has 5 nitrogen and oxygen atoms in total. The first-order valence-electron chi connectivity index (χ1n) is 12.9. The molecule has 2 heterocycles. The molecule has 2 aliphatic heterocycles. The average molecular weight is 505 g/mol. The first kappa shape index (κ1) is 24.5. The van der Waals surface area contributed by atoms with Crippen LogP contribution in [0.15, 0.2) is 71.8 Å². The van der Waals surface area contributed by atoms with Crippen molar-refractivity contribution in [2.24, 2.45) is 5.10 Å². The van der Waals surface area contributed by atoms with Gasteiger partial charge in [-0.1, -0.05) is 37.8 Å². The zero-order valence-electron chi connectivity index (χ0n) is 21.0. The molecule has 0 unspecified atom stereocenters. The van der Waals surface area contributed by atoms with E-state index in [0.29, 0.717) is 11.6 Å². The van der Waals surface area contributed by atoms with Crippen molar-refractivity contribution < 1.29 is 14.2 Å². The molecule has 0 fully saturated rings. The first-order valence-corrected chi connectivity index (χ1v) is 13.3. The van der Waals surface area contributed by atoms with Gasteiger partial charge in [-0.3, -0.25) is 0 Å². The van der Waals surface area contributed by atoms with Gasteiger partial charge in [-0.15, -0.1) is 0 Å². The summed E-state index contributed by atoms with van der Waals surface area (Å²) in [5.74, 6) is 2.60. The maximum absolute atomic E-state index is 6.49. The minimum absolute atomic E-state index is 0.0495. The summed E-state index contributed by atoms with van der Waals surface area (Å²) in [5.41, 5.74) is 4.21. The standard InChI is InChI=1S/C30H33ClN2O3/c1-3-5-6-7-18-35-25-15-10-22(11-16-25)30-33-28(26-19-23(31)12-17-29(26)36-30)20-27(32-33)21-8-13-24(14-9-21)34-4-2/h8-17,19,28,30H,3-7,18,20H2,1-2H3/t28-,30+/m1/s1. The smallest absolute Gasteiger partial charge is 0.213 e. The van der Waals surface area contributed by atoms with Crippen molar-refractivity contribution in [1.29, 1.82) is 0 Å². The minimum atomic E-state index is -0.331. The molecule has 0 radical (unpaired) electrons. The number of hydrogen-bond donors (Lipinski definition) is 0. The van der Waals surface area contributed by atoms with Gasteiger partial charge in [0.2, 0.25) is 6.23 Å². The predicted molar refractivity (Wildman–Crippen MR) is 144 cm³/mol. The summed E-state index contributed by atoms with van der Waals surface area (Å²) in [6.45, 7) is 5.60. The number of unbranched alkanes of at least 4 members (excludes halogenated alkanes) is 3. The Bertz CT molecular complexity index is 1190. The fourth-order valence-electron chi connectivity index (χ4n) is 4.81. The Labute approximate surface area is 218 Å². The highest BCUT2D eigenvalue weighted by molar-refractivity contribution is 6.30. The van der Waals surface area contributed by atoms with E-state index in [-0.39, 0.29) is 12.3 Å². The normalized spacial score (nSPS) is 18.2. The van der Waals surface area contributed by atoms with Crippen LogP contribution in [0.2, 0.25) is 5.02 Å². The molecular formula is C30H33ClN2O3. The number of nitrogens with zero attached hydrogens (tertiary/aromatic N) is 2. The zero-order valence-corrected chi connectivity index (χ0v) is 21.7. The highest BCUT2D eigenvalue weighted by Gasteiger charge is 2.41. The first-order chi connectivity index (χ1) is 17.7. The monoisotopic (exact) mass is 504 g/mol. The van der Waals surface area contributed by atoms with Crippen molar-refractivity contribution in [1.82, 2.24) is 5.01 Å². The number of hydrazone groups is 1. The summed E-state index contributed by atoms with van der Waals surface area (Å²) in [4.78, 5) is 0. The number of fused-ring (bicyclic) bond motifs is 3. The van der Waals surface area contributed by atoms with Crippen LogP contribution in [0, 0.1) is 0 Å². The Morgan fingerprint density at radius 3 is 2.42 bits per heavy atom. The molecule has 3 aromatic carbocycles. The third kappa shape index (κ3) is 5.31. The van der Waals surface area contributed by atoms with Crippen LogP contribution in [0.25, 0.3) is 0 Å². The molecule has 0 aromatic heterocycles. The fraction of sp³-hybridized carbons (Fsp3) is 0.367. The van der Waals surface area contributed by atoms with E-state index in [2.05, 4.69) is 36.2 Å². The Balaban J connectivity index is 1.38. The van der Waals surface area contributed by atoms with E-state index in [0.717, 1.165) is 59.1 Å². The lowest BCUT2D eigenvalue weighted by molar-refractivity contribution is -0.0190. The summed E-state index contributed by atoms with van der Waals surface area (Å²) >= 11 is 6.37. The Morgan fingerprint density at radius 1 is 0.917 bits per heavy atom. The number of halogens is 1. The molecule has 0 amide bonds. The Morgan fingerprint density at radius 2 is 1.67 bits per heavy atom. The van der Waals surface area contributed by atoms with Crippen LogP contribution in [0.5, 0.6) is 17.2 Å². The molecule has 0 saturated carbocycles. The van der Waals surface area contributed by atoms with Crippen molar-refractivity contribution in [2.75, 3.05) is 13.2 Å². The topological polar surface area (TPSA) is 43.3 Å². The largest absolute Gasteiger partial charge is 0.494 e. The molecule has 3 aromatic rings. The second kappa shape index (κ2) is 11.3. The van der Waals surface area contributed by atoms with Crippen LogP contribution in [0.3, 0.4) is 0 Å². The maximum Gasteiger partial charge on any atom is 0.213 e. The van der Waals surface area contributed by atoms with Gasteiger partial charge in [0.25, 0.3) is 0 Å². The van der Waals surface area contributed by atoms with E-state index >= 15 is 0 Å². The summed E-state index contributed by atoms with van der Waals surface area (Å²) in [6.07, 6.45) is 5.22. The molecule has 0 N–H and O–H groups in total. The highest BCUT2D eigenvalue weighted by atomic mass is 35.5. The van der Waals surface area contributed by atoms with Gasteiger partial charge in [0.05, 0.1) is 25.0 Å². The van der Waals surface area contributed by atoms with Gasteiger partial charge >= 0.3 is 0 Å². The molecule has 5 rings (SSSR count). The van der Waals surface area contributed by atoms with Gasteiger partial charge in [-0.2, -0.15) is 5.10 Å². The lowest BCUT2D eigenvalue weighted by Gasteiger charge is -2.38. The van der Waals surface area contributed by atoms with Crippen LogP contribution in [0.4, 0.5) is 0 Å². The van der Waals surface area contributed by atoms with Crippen molar-refractivity contribution in [3.05, 3.63) is 88.4 Å². The summed E-state index contributed by atoms with van der Waals surface area (Å²) in [7, 11) is 0. The van der Waals surface area contributed by atoms with Gasteiger partial charge in [-0.05, 0) is 85.6 Å². The quantitative estimate of drug-likeness (QED) is 0.263. The van der Waals surface area contributed by atoms with E-state index < -0.39 is 0 Å². The van der Waals surface area contributed by atoms with E-state index in [1.54, 1.807) is 0 Å². The lowest BCUT2D eigenvalue weighted by atomic mass is 9.96. The third-order valence-electron chi connectivity index (χ3n) is 6.68. The summed E-state index contributed by atoms with van der Waals surface area (Å²) in [6, 6.07) is 22.2. The molecule has 2 atom stereocenters. The van der Waals surface area contributed by atoms with E-state index in [1.165, 1.54) is 19.3 Å². The van der Waals surface area contributed by atoms with Crippen molar-refractivity contribution in [2.45, 2.75) is 58.2 Å². The molecule has 0 spiro atoms. The molecule has 0 bridgehead atoms. The molecule has 188 valence electrons. The fourth-order valence-corrected chi connectivity index (χ4v) is 4.99. The van der Waals surface area contributed by atoms with E-state index in [1.807, 2.05) is 49.4 Å². The van der Waals surface area contributed by atoms with Gasteiger partial charge < -0.3 is 14.2 Å². The number of benzene rings is 3. The lowest BCUT2D eigenvalue weighted by Crippen LogP contribution is -2.33. The average Bonchev–Trinajstić information content (AvgIpc) is 3.35. The minimum Gasteiger partial charge on any atom is -0.494 e. The zero-order chi connectivity index (χ0) is 24.9. The molecule has 36 heavy (non-hydrogen) atoms. The molecule has 6 heteroatoms. The van der Waals surface area contributed by atoms with Crippen LogP contribution in [0.1, 0.15) is 74.9 Å². The predicted octanol–water partition coefficient (Wildman–Crippen LogP) is 7.94. The van der Waals surface area contributed by atoms with Crippen molar-refractivity contribution >= 4 is 17.3 Å². The van der Waals surface area contributed by atoms with Gasteiger partial charge in [0.1, 0.15) is 17.2 Å². The van der Waals surface area contributed by atoms with Gasteiger partial charge in [0, 0.05) is 22.6 Å². The van der Waals surface area contributed by atoms with Crippen LogP contribution < -0.4 is 14.2 Å².